The van der Waals surface area contributed by atoms with Crippen molar-refractivity contribution >= 4 is 58.7 Å². The summed E-state index contributed by atoms with van der Waals surface area (Å²) >= 11 is 6.05. The SMILES string of the molecule is [B]C1([B])CC(c2cn3ncnc3cc2F)CC([B])([B])N1S(=O)(=O)c1cnn(C)c1Cl. The predicted octanol–water partition coefficient (Wildman–Crippen LogP) is -0.195. The molecule has 15 heteroatoms. The van der Waals surface area contributed by atoms with E-state index < -0.39 is 32.4 Å². The van der Waals surface area contributed by atoms with Crippen LogP contribution in [0.2, 0.25) is 5.15 Å². The van der Waals surface area contributed by atoms with Crippen LogP contribution in [0, 0.1) is 5.82 Å². The fourth-order valence-corrected chi connectivity index (χ4v) is 6.06. The molecule has 0 spiro atoms. The third-order valence-corrected chi connectivity index (χ3v) is 7.67. The van der Waals surface area contributed by atoms with E-state index in [-0.39, 0.29) is 28.5 Å². The van der Waals surface area contributed by atoms with Gasteiger partial charge in [0.2, 0.25) is 10.0 Å². The van der Waals surface area contributed by atoms with Crippen LogP contribution in [0.25, 0.3) is 5.65 Å². The van der Waals surface area contributed by atoms with Gasteiger partial charge in [0, 0.05) is 24.9 Å². The summed E-state index contributed by atoms with van der Waals surface area (Å²) in [6.45, 7) is 0. The van der Waals surface area contributed by atoms with Crippen molar-refractivity contribution in [1.82, 2.24) is 28.7 Å². The smallest absolute Gasteiger partial charge is 0.245 e. The molecule has 1 fully saturated rings. The van der Waals surface area contributed by atoms with Gasteiger partial charge in [-0.1, -0.05) is 11.6 Å². The number of halogens is 2. The second-order valence-electron chi connectivity index (χ2n) is 7.42. The molecule has 0 bridgehead atoms. The number of rotatable bonds is 3. The second kappa shape index (κ2) is 6.86. The largest absolute Gasteiger partial charge is 0.256 e. The second-order valence-corrected chi connectivity index (χ2v) is 9.53. The van der Waals surface area contributed by atoms with Crippen LogP contribution < -0.4 is 0 Å². The van der Waals surface area contributed by atoms with Crippen molar-refractivity contribution in [3.8, 4) is 0 Å². The normalized spacial score (nSPS) is 20.0. The molecule has 8 radical (unpaired) electrons. The molecule has 4 heterocycles. The van der Waals surface area contributed by atoms with E-state index >= 15 is 0 Å². The third-order valence-electron chi connectivity index (χ3n) is 5.09. The van der Waals surface area contributed by atoms with Gasteiger partial charge in [-0.3, -0.25) is 4.68 Å². The van der Waals surface area contributed by atoms with E-state index in [4.69, 9.17) is 43.0 Å². The van der Waals surface area contributed by atoms with Gasteiger partial charge in [-0.2, -0.15) is 10.2 Å². The zero-order valence-corrected chi connectivity index (χ0v) is 17.3. The maximum atomic E-state index is 14.7. The number of piperidine rings is 1. The molecule has 0 amide bonds. The van der Waals surface area contributed by atoms with E-state index in [1.165, 1.54) is 30.2 Å². The maximum Gasteiger partial charge on any atom is 0.245 e. The Kier molecular flexibility index (Phi) is 4.91. The van der Waals surface area contributed by atoms with Gasteiger partial charge >= 0.3 is 0 Å². The van der Waals surface area contributed by atoms with Gasteiger partial charge in [0.25, 0.3) is 0 Å². The Balaban J connectivity index is 1.77. The Morgan fingerprint density at radius 2 is 1.83 bits per heavy atom. The van der Waals surface area contributed by atoms with Crippen molar-refractivity contribution in [2.45, 2.75) is 34.3 Å². The molecule has 0 saturated carbocycles. The van der Waals surface area contributed by atoms with Crippen LogP contribution in [0.1, 0.15) is 24.3 Å². The summed E-state index contributed by atoms with van der Waals surface area (Å²) in [5.41, 5.74) is 0.492. The van der Waals surface area contributed by atoms with Gasteiger partial charge < -0.3 is 0 Å². The van der Waals surface area contributed by atoms with E-state index in [0.717, 1.165) is 10.9 Å². The topological polar surface area (TPSA) is 85.4 Å². The lowest BCUT2D eigenvalue weighted by molar-refractivity contribution is 0.206. The first-order valence-electron chi connectivity index (χ1n) is 8.72. The van der Waals surface area contributed by atoms with Crippen LogP contribution >= 0.6 is 11.6 Å². The molecule has 0 aliphatic carbocycles. The van der Waals surface area contributed by atoms with E-state index in [1.807, 2.05) is 0 Å². The highest BCUT2D eigenvalue weighted by molar-refractivity contribution is 7.89. The average Bonchev–Trinajstić information content (AvgIpc) is 3.18. The lowest BCUT2D eigenvalue weighted by atomic mass is 9.46. The minimum absolute atomic E-state index is 0.161. The van der Waals surface area contributed by atoms with Crippen molar-refractivity contribution in [3.63, 3.8) is 0 Å². The zero-order valence-electron chi connectivity index (χ0n) is 15.8. The fraction of sp³-hybridized carbons (Fsp3) is 0.400. The van der Waals surface area contributed by atoms with Crippen LogP contribution in [-0.4, -0.2) is 79.2 Å². The first-order chi connectivity index (χ1) is 13.8. The lowest BCUT2D eigenvalue weighted by Crippen LogP contribution is -2.68. The van der Waals surface area contributed by atoms with Crippen LogP contribution in [0.4, 0.5) is 4.39 Å². The minimum Gasteiger partial charge on any atom is -0.256 e. The lowest BCUT2D eigenvalue weighted by Gasteiger charge is -2.55. The number of fused-ring (bicyclic) bond motifs is 1. The number of nitrogens with zero attached hydrogens (tertiary/aromatic N) is 6. The first kappa shape index (κ1) is 21.5. The van der Waals surface area contributed by atoms with Crippen LogP contribution in [0.5, 0.6) is 0 Å². The molecule has 30 heavy (non-hydrogen) atoms. The van der Waals surface area contributed by atoms with Gasteiger partial charge in [0.15, 0.2) is 5.65 Å². The van der Waals surface area contributed by atoms with Crippen LogP contribution in [-0.2, 0) is 17.1 Å². The standard InChI is InChI=1S/C15H12B4ClFN6O2S/c1-25-13(20)11(5-23-25)30(28,29)27-14(16,17)3-8(4-15(27,18)19)9-6-26-12(2-10(9)21)22-7-24-26/h2,5-8H,3-4H2,1H3. The van der Waals surface area contributed by atoms with Crippen LogP contribution in [0.15, 0.2) is 29.7 Å². The van der Waals surface area contributed by atoms with E-state index in [0.29, 0.717) is 9.95 Å². The predicted molar refractivity (Wildman–Crippen MR) is 111 cm³/mol. The Hall–Kier alpha value is -1.78. The Morgan fingerprint density at radius 1 is 1.20 bits per heavy atom. The summed E-state index contributed by atoms with van der Waals surface area (Å²) < 4.78 is 44.4. The Bertz CT molecular complexity index is 1230. The highest BCUT2D eigenvalue weighted by atomic mass is 35.5. The van der Waals surface area contributed by atoms with Gasteiger partial charge in [-0.05, 0) is 29.4 Å². The van der Waals surface area contributed by atoms with E-state index in [9.17, 15) is 12.8 Å². The molecule has 0 atom stereocenters. The van der Waals surface area contributed by atoms with Gasteiger partial charge in [-0.25, -0.2) is 26.6 Å². The fourth-order valence-electron chi connectivity index (χ4n) is 3.91. The summed E-state index contributed by atoms with van der Waals surface area (Å²) in [6.07, 6.45) is 3.41. The summed E-state index contributed by atoms with van der Waals surface area (Å²) in [4.78, 5) is 3.57. The van der Waals surface area contributed by atoms with Crippen molar-refractivity contribution in [2.75, 3.05) is 0 Å². The van der Waals surface area contributed by atoms with Crippen molar-refractivity contribution < 1.29 is 12.8 Å². The maximum absolute atomic E-state index is 14.7. The number of aryl methyl sites for hydroxylation is 1. The molecule has 8 nitrogen and oxygen atoms in total. The van der Waals surface area contributed by atoms with E-state index in [1.54, 1.807) is 0 Å². The quantitative estimate of drug-likeness (QED) is 0.530. The van der Waals surface area contributed by atoms with Crippen molar-refractivity contribution in [2.24, 2.45) is 7.05 Å². The molecule has 1 aliphatic heterocycles. The molecular formula is C15H12B4ClFN6O2S. The Morgan fingerprint density at radius 3 is 2.40 bits per heavy atom. The molecule has 4 rings (SSSR count). The zero-order chi connectivity index (χ0) is 22.1. The summed E-state index contributed by atoms with van der Waals surface area (Å²) in [7, 11) is 21.8. The van der Waals surface area contributed by atoms with Crippen molar-refractivity contribution in [1.29, 1.82) is 0 Å². The average molecular weight is 438 g/mol. The molecule has 0 aromatic carbocycles. The molecule has 146 valence electrons. The summed E-state index contributed by atoms with van der Waals surface area (Å²) in [6, 6.07) is 1.20. The number of aromatic nitrogens is 5. The number of sulfonamides is 1. The summed E-state index contributed by atoms with van der Waals surface area (Å²) in [5, 5.41) is 3.54. The third kappa shape index (κ3) is 3.29. The molecule has 3 aromatic heterocycles. The number of pyridine rings is 1. The monoisotopic (exact) mass is 438 g/mol. The minimum atomic E-state index is -4.43. The van der Waals surface area contributed by atoms with Gasteiger partial charge in [-0.15, -0.1) is 0 Å². The highest BCUT2D eigenvalue weighted by Crippen LogP contribution is 2.45. The number of hydrogen-bond donors (Lipinski definition) is 0. The van der Waals surface area contributed by atoms with Gasteiger partial charge in [0.1, 0.15) is 22.2 Å². The van der Waals surface area contributed by atoms with Crippen LogP contribution in [0.3, 0.4) is 0 Å². The molecule has 3 aromatic rings. The molecule has 0 N–H and O–H groups in total. The molecular weight excluding hydrogens is 426 g/mol. The van der Waals surface area contributed by atoms with E-state index in [2.05, 4.69) is 15.2 Å². The number of hydrogen-bond acceptors (Lipinski definition) is 5. The van der Waals surface area contributed by atoms with Gasteiger partial charge in [0.05, 0.1) is 37.6 Å². The highest BCUT2D eigenvalue weighted by Gasteiger charge is 2.51. The molecule has 1 saturated heterocycles. The summed E-state index contributed by atoms with van der Waals surface area (Å²) in [5.74, 6) is -1.28. The van der Waals surface area contributed by atoms with Crippen molar-refractivity contribution in [3.05, 3.63) is 41.3 Å². The first-order valence-corrected chi connectivity index (χ1v) is 10.5. The molecule has 1 aliphatic rings. The molecule has 0 unspecified atom stereocenters. The Labute approximate surface area is 182 Å².